The molecular formula is C30H34Cl3N6O4+. The zero-order valence-corrected chi connectivity index (χ0v) is 27.1. The second-order valence-electron chi connectivity index (χ2n) is 10.3. The maximum atomic E-state index is 13.6. The van der Waals surface area contributed by atoms with Gasteiger partial charge < -0.3 is 15.3 Å². The molecule has 1 aliphatic heterocycles. The molecule has 0 bridgehead atoms. The molecule has 0 unspecified atom stereocenters. The normalized spacial score (nSPS) is 16.8. The molecule has 3 N–H and O–H groups in total. The Balaban J connectivity index is 1.73. The predicted octanol–water partition coefficient (Wildman–Crippen LogP) is 3.88. The summed E-state index contributed by atoms with van der Waals surface area (Å²) in [5, 5.41) is 22.5. The van der Waals surface area contributed by atoms with Crippen molar-refractivity contribution in [2.24, 2.45) is 0 Å². The number of rotatable bonds is 10. The number of benzene rings is 2. The number of aliphatic hydroxyl groups is 1. The van der Waals surface area contributed by atoms with Crippen LogP contribution in [0.5, 0.6) is 0 Å². The van der Waals surface area contributed by atoms with Gasteiger partial charge in [-0.2, -0.15) is 0 Å². The number of ketones is 1. The van der Waals surface area contributed by atoms with E-state index in [4.69, 9.17) is 34.8 Å². The largest absolute Gasteiger partial charge is 0.506 e. The Kier molecular flexibility index (Phi) is 9.88. The minimum atomic E-state index is -0.618. The van der Waals surface area contributed by atoms with Gasteiger partial charge in [0, 0.05) is 70.4 Å². The van der Waals surface area contributed by atoms with Crippen LogP contribution in [0.3, 0.4) is 0 Å². The standard InChI is InChI=1S/C30H33Cl3N6O4/c1-7-38(8-2)18-9-10-19(22(15-18)34-23(40)11-12-37(6)36(4)5)25-28(41)26(29(25)42)24-16(3)35-39(30(24)43)27-20(32)13-17(31)14-21(27)33/h9-10,13-15,41H,7-8,11-12H2,1-6H3,(H,34,40)/p+1. The fourth-order valence-electron chi connectivity index (χ4n) is 4.95. The number of nitrogens with zero attached hydrogens (tertiary/aromatic N) is 4. The number of carbonyl (C=O) groups excluding carboxylic acids is 3. The molecule has 4 rings (SSSR count). The van der Waals surface area contributed by atoms with Gasteiger partial charge in [-0.3, -0.25) is 14.4 Å². The van der Waals surface area contributed by atoms with Crippen LogP contribution in [-0.2, 0) is 14.4 Å². The van der Waals surface area contributed by atoms with Gasteiger partial charge in [0.25, 0.3) is 0 Å². The number of hydrazone groups is 1. The maximum absolute atomic E-state index is 13.6. The van der Waals surface area contributed by atoms with Crippen LogP contribution in [-0.4, -0.2) is 79.2 Å². The van der Waals surface area contributed by atoms with E-state index in [-0.39, 0.29) is 50.5 Å². The molecular weight excluding hydrogens is 615 g/mol. The van der Waals surface area contributed by atoms with Crippen molar-refractivity contribution >= 4 is 80.7 Å². The quantitative estimate of drug-likeness (QED) is 0.265. The van der Waals surface area contributed by atoms with Crippen molar-refractivity contribution < 1.29 is 24.6 Å². The first-order valence-corrected chi connectivity index (χ1v) is 14.8. The average Bonchev–Trinajstić information content (AvgIpc) is 3.21. The fraction of sp³-hybridized carbons (Fsp3) is 0.333. The van der Waals surface area contributed by atoms with Gasteiger partial charge in [0.2, 0.25) is 17.4 Å². The molecule has 43 heavy (non-hydrogen) atoms. The highest BCUT2D eigenvalue weighted by Crippen LogP contribution is 2.43. The molecule has 228 valence electrons. The van der Waals surface area contributed by atoms with Gasteiger partial charge in [0.05, 0.1) is 26.9 Å². The summed E-state index contributed by atoms with van der Waals surface area (Å²) < 4.78 is 0. The monoisotopic (exact) mass is 647 g/mol. The van der Waals surface area contributed by atoms with Crippen LogP contribution in [0.25, 0.3) is 5.57 Å². The highest BCUT2D eigenvalue weighted by molar-refractivity contribution is 6.46. The summed E-state index contributed by atoms with van der Waals surface area (Å²) >= 11 is 18.7. The summed E-state index contributed by atoms with van der Waals surface area (Å²) in [5.41, 5.74) is 1.96. The molecule has 2 aliphatic rings. The van der Waals surface area contributed by atoms with Crippen molar-refractivity contribution in [2.75, 3.05) is 56.0 Å². The molecule has 1 heterocycles. The zero-order chi connectivity index (χ0) is 31.7. The van der Waals surface area contributed by atoms with E-state index in [1.807, 2.05) is 51.1 Å². The molecule has 0 fully saturated rings. The number of anilines is 3. The lowest BCUT2D eigenvalue weighted by molar-refractivity contribution is -0.455. The molecule has 0 saturated heterocycles. The van der Waals surface area contributed by atoms with Crippen LogP contribution in [0.1, 0.15) is 32.8 Å². The Hall–Kier alpha value is -3.41. The number of hydrazine groups is 2. The Labute approximate surface area is 265 Å². The maximum Gasteiger partial charge on any atom is 0.321 e. The minimum absolute atomic E-state index is 0.00889. The van der Waals surface area contributed by atoms with E-state index in [9.17, 15) is 19.5 Å². The Morgan fingerprint density at radius 3 is 2.16 bits per heavy atom. The Morgan fingerprint density at radius 1 is 0.977 bits per heavy atom. The number of amides is 2. The SMILES string of the molecule is CCN(CC)c1ccc(C2=C(O)C(=C3C(=O)N(c4c(Cl)cc(Cl)cc4Cl)[NH+]=C3C)C2=O)c(NC(=O)CCN(C)N(C)C)c1. The number of hydrogen-bond donors (Lipinski definition) is 3. The summed E-state index contributed by atoms with van der Waals surface area (Å²) in [5.74, 6) is -1.74. The number of allylic oxidation sites excluding steroid dienone is 2. The lowest BCUT2D eigenvalue weighted by Crippen LogP contribution is -2.81. The molecule has 2 amide bonds. The van der Waals surface area contributed by atoms with Gasteiger partial charge >= 0.3 is 5.91 Å². The van der Waals surface area contributed by atoms with E-state index < -0.39 is 11.7 Å². The lowest BCUT2D eigenvalue weighted by Gasteiger charge is -2.27. The van der Waals surface area contributed by atoms with E-state index >= 15 is 0 Å². The summed E-state index contributed by atoms with van der Waals surface area (Å²) in [4.78, 5) is 42.2. The second kappa shape index (κ2) is 13.1. The van der Waals surface area contributed by atoms with Gasteiger partial charge in [-0.1, -0.05) is 39.8 Å². The number of aliphatic hydroxyl groups excluding tert-OH is 1. The Morgan fingerprint density at radius 2 is 1.60 bits per heavy atom. The predicted molar refractivity (Wildman–Crippen MR) is 172 cm³/mol. The van der Waals surface area contributed by atoms with E-state index in [1.54, 1.807) is 19.1 Å². The van der Waals surface area contributed by atoms with Gasteiger partial charge in [-0.15, -0.1) is 5.10 Å². The fourth-order valence-corrected chi connectivity index (χ4v) is 5.93. The number of halogens is 3. The minimum Gasteiger partial charge on any atom is -0.506 e. The van der Waals surface area contributed by atoms with Crippen molar-refractivity contribution in [3.63, 3.8) is 0 Å². The first-order chi connectivity index (χ1) is 20.3. The van der Waals surface area contributed by atoms with Gasteiger partial charge in [0.1, 0.15) is 17.0 Å². The molecule has 0 spiro atoms. The van der Waals surface area contributed by atoms with Crippen molar-refractivity contribution in [2.45, 2.75) is 27.2 Å². The zero-order valence-electron chi connectivity index (χ0n) is 24.8. The van der Waals surface area contributed by atoms with Crippen LogP contribution in [0, 0.1) is 0 Å². The third-order valence-corrected chi connectivity index (χ3v) is 8.27. The van der Waals surface area contributed by atoms with E-state index in [1.165, 1.54) is 12.1 Å². The Bertz CT molecular complexity index is 1570. The van der Waals surface area contributed by atoms with Crippen LogP contribution >= 0.6 is 34.8 Å². The summed E-state index contributed by atoms with van der Waals surface area (Å²) in [6.45, 7) is 7.61. The summed E-state index contributed by atoms with van der Waals surface area (Å²) in [7, 11) is 5.64. The second-order valence-corrected chi connectivity index (χ2v) is 11.6. The van der Waals surface area contributed by atoms with Crippen molar-refractivity contribution in [1.29, 1.82) is 0 Å². The molecule has 0 saturated carbocycles. The topological polar surface area (TPSA) is 110 Å². The highest BCUT2D eigenvalue weighted by Gasteiger charge is 2.47. The summed E-state index contributed by atoms with van der Waals surface area (Å²) in [6, 6.07) is 8.22. The molecule has 13 heteroatoms. The lowest BCUT2D eigenvalue weighted by atomic mass is 9.79. The molecule has 2 aromatic rings. The number of hydrogen-bond acceptors (Lipinski definition) is 7. The summed E-state index contributed by atoms with van der Waals surface area (Å²) in [6.07, 6.45) is 0.206. The smallest absolute Gasteiger partial charge is 0.321 e. The van der Waals surface area contributed by atoms with Crippen LogP contribution < -0.4 is 20.3 Å². The van der Waals surface area contributed by atoms with Crippen LogP contribution in [0.15, 0.2) is 47.2 Å². The van der Waals surface area contributed by atoms with E-state index in [0.29, 0.717) is 28.5 Å². The number of nitrogens with one attached hydrogen (secondary N) is 2. The molecule has 0 atom stereocenters. The molecule has 10 nitrogen and oxygen atoms in total. The van der Waals surface area contributed by atoms with E-state index in [0.717, 1.165) is 23.8 Å². The molecule has 2 aromatic carbocycles. The van der Waals surface area contributed by atoms with Gasteiger partial charge in [0.15, 0.2) is 0 Å². The van der Waals surface area contributed by atoms with Crippen LogP contribution in [0.2, 0.25) is 15.1 Å². The van der Waals surface area contributed by atoms with Crippen LogP contribution in [0.4, 0.5) is 17.1 Å². The molecule has 0 aromatic heterocycles. The third kappa shape index (κ3) is 6.30. The van der Waals surface area contributed by atoms with Crippen molar-refractivity contribution in [1.82, 2.24) is 10.0 Å². The average molecular weight is 649 g/mol. The molecule has 1 aliphatic carbocycles. The molecule has 0 radical (unpaired) electrons. The number of carbonyl (C=O) groups is 3. The highest BCUT2D eigenvalue weighted by atomic mass is 35.5. The first kappa shape index (κ1) is 32.5. The van der Waals surface area contributed by atoms with E-state index in [2.05, 4.69) is 15.3 Å². The van der Waals surface area contributed by atoms with Crippen molar-refractivity contribution in [3.8, 4) is 0 Å². The number of Topliss-reactive ketones (excluding diaryl/α,β-unsaturated/α-hetero) is 1. The van der Waals surface area contributed by atoms with Gasteiger partial charge in [-0.05, 0) is 44.2 Å². The first-order valence-electron chi connectivity index (χ1n) is 13.7. The van der Waals surface area contributed by atoms with Gasteiger partial charge in [-0.25, -0.2) is 10.0 Å². The van der Waals surface area contributed by atoms with Crippen molar-refractivity contribution in [3.05, 3.63) is 67.9 Å². The third-order valence-electron chi connectivity index (χ3n) is 7.47.